The summed E-state index contributed by atoms with van der Waals surface area (Å²) in [5, 5.41) is 12.0. The monoisotopic (exact) mass is 815 g/mol. The first-order valence-electron chi connectivity index (χ1n) is 21.7. The van der Waals surface area contributed by atoms with Gasteiger partial charge in [0, 0.05) is 44.3 Å². The van der Waals surface area contributed by atoms with E-state index >= 15 is 0 Å². The Balaban J connectivity index is 1.00. The van der Waals surface area contributed by atoms with Crippen molar-refractivity contribution in [2.24, 2.45) is 0 Å². The van der Waals surface area contributed by atoms with Crippen LogP contribution in [-0.4, -0.2) is 19.5 Å². The fourth-order valence-corrected chi connectivity index (χ4v) is 9.81. The predicted octanol–water partition coefficient (Wildman–Crippen LogP) is 15.5. The van der Waals surface area contributed by atoms with Gasteiger partial charge < -0.3 is 4.90 Å². The second-order valence-electron chi connectivity index (χ2n) is 16.4. The zero-order valence-electron chi connectivity index (χ0n) is 34.6. The molecule has 298 valence electrons. The third kappa shape index (κ3) is 5.75. The van der Waals surface area contributed by atoms with Gasteiger partial charge in [0.2, 0.25) is 5.95 Å². The van der Waals surface area contributed by atoms with Crippen LogP contribution in [0.1, 0.15) is 0 Å². The molecule has 13 aromatic rings. The summed E-state index contributed by atoms with van der Waals surface area (Å²) in [6.45, 7) is 0. The van der Waals surface area contributed by atoms with Crippen molar-refractivity contribution in [3.63, 3.8) is 0 Å². The molecule has 0 aliphatic carbocycles. The number of fused-ring (bicyclic) bond motifs is 5. The van der Waals surface area contributed by atoms with E-state index in [-0.39, 0.29) is 0 Å². The van der Waals surface area contributed by atoms with Crippen LogP contribution in [0, 0.1) is 0 Å². The molecule has 0 atom stereocenters. The summed E-state index contributed by atoms with van der Waals surface area (Å²) in [5.74, 6) is 1.85. The van der Waals surface area contributed by atoms with E-state index in [1.54, 1.807) is 0 Å². The van der Waals surface area contributed by atoms with E-state index in [1.165, 1.54) is 48.8 Å². The number of benzene rings is 11. The van der Waals surface area contributed by atoms with Gasteiger partial charge in [-0.05, 0) is 97.4 Å². The molecule has 0 aliphatic rings. The lowest BCUT2D eigenvalue weighted by Gasteiger charge is -2.26. The van der Waals surface area contributed by atoms with Gasteiger partial charge in [0.15, 0.2) is 11.6 Å². The molecule has 2 aromatic heterocycles. The van der Waals surface area contributed by atoms with Gasteiger partial charge in [-0.3, -0.25) is 4.57 Å². The van der Waals surface area contributed by atoms with Crippen molar-refractivity contribution >= 4 is 82.0 Å². The maximum Gasteiger partial charge on any atom is 0.238 e. The van der Waals surface area contributed by atoms with E-state index in [2.05, 4.69) is 198 Å². The summed E-state index contributed by atoms with van der Waals surface area (Å²) in [4.78, 5) is 17.9. The minimum atomic E-state index is 0.586. The van der Waals surface area contributed by atoms with Crippen LogP contribution in [0.5, 0.6) is 0 Å². The molecule has 0 unspecified atom stereocenters. The van der Waals surface area contributed by atoms with Crippen molar-refractivity contribution in [3.05, 3.63) is 224 Å². The maximum atomic E-state index is 5.24. The Morgan fingerprint density at radius 2 is 0.891 bits per heavy atom. The molecular formula is C59H37N5. The van der Waals surface area contributed by atoms with Gasteiger partial charge in [0.25, 0.3) is 0 Å². The highest BCUT2D eigenvalue weighted by molar-refractivity contribution is 6.32. The molecule has 0 N–H and O–H groups in total. The second-order valence-corrected chi connectivity index (χ2v) is 16.4. The maximum absolute atomic E-state index is 5.24. The van der Waals surface area contributed by atoms with E-state index < -0.39 is 0 Å². The van der Waals surface area contributed by atoms with Crippen LogP contribution in [0.25, 0.3) is 105 Å². The Kier molecular flexibility index (Phi) is 8.15. The molecule has 13 rings (SSSR count). The highest BCUT2D eigenvalue weighted by atomic mass is 15.2. The Hall–Kier alpha value is -8.67. The van der Waals surface area contributed by atoms with E-state index in [1.807, 2.05) is 36.4 Å². The van der Waals surface area contributed by atoms with Crippen LogP contribution >= 0.6 is 0 Å². The fourth-order valence-electron chi connectivity index (χ4n) is 9.81. The van der Waals surface area contributed by atoms with Gasteiger partial charge in [-0.25, -0.2) is 4.98 Å². The Bertz CT molecular complexity index is 3820. The standard InChI is InChI=1S/C59H37N5/c1-4-15-41(16-5-1)57-60-58(42-17-6-2-7-18-42)62-59(61-57)64-53-23-13-12-22-49(53)52-37-44-29-34-50-48(33-27-40-28-35-51(56(52)64)55(44)54(40)50)39-25-30-46(31-26-39)63(45-20-8-3-9-21-45)47-32-24-38-14-10-11-19-43(38)36-47/h1-37H. The lowest BCUT2D eigenvalue weighted by atomic mass is 9.89. The van der Waals surface area contributed by atoms with Crippen molar-refractivity contribution in [1.29, 1.82) is 0 Å². The van der Waals surface area contributed by atoms with E-state index in [0.29, 0.717) is 17.6 Å². The number of anilines is 3. The van der Waals surface area contributed by atoms with Crippen molar-refractivity contribution < 1.29 is 0 Å². The largest absolute Gasteiger partial charge is 0.310 e. The Morgan fingerprint density at radius 3 is 1.64 bits per heavy atom. The van der Waals surface area contributed by atoms with Crippen molar-refractivity contribution in [3.8, 4) is 39.9 Å². The number of nitrogens with zero attached hydrogens (tertiary/aromatic N) is 5. The van der Waals surface area contributed by atoms with Crippen molar-refractivity contribution in [2.75, 3.05) is 4.90 Å². The molecule has 0 aliphatic heterocycles. The number of rotatable bonds is 7. The first kappa shape index (κ1) is 36.0. The molecule has 0 saturated heterocycles. The first-order valence-corrected chi connectivity index (χ1v) is 21.7. The highest BCUT2D eigenvalue weighted by Crippen LogP contribution is 2.45. The molecule has 5 nitrogen and oxygen atoms in total. The summed E-state index contributed by atoms with van der Waals surface area (Å²) in [7, 11) is 0. The lowest BCUT2D eigenvalue weighted by Crippen LogP contribution is -2.09. The van der Waals surface area contributed by atoms with Crippen LogP contribution in [0.4, 0.5) is 17.1 Å². The third-order valence-electron chi connectivity index (χ3n) is 12.7. The fraction of sp³-hybridized carbons (Fsp3) is 0. The molecule has 0 saturated carbocycles. The van der Waals surface area contributed by atoms with Crippen LogP contribution in [0.2, 0.25) is 0 Å². The first-order chi connectivity index (χ1) is 31.7. The van der Waals surface area contributed by atoms with E-state index in [9.17, 15) is 0 Å². The normalized spacial score (nSPS) is 11.8. The van der Waals surface area contributed by atoms with Crippen LogP contribution in [-0.2, 0) is 0 Å². The Labute approximate surface area is 369 Å². The minimum absolute atomic E-state index is 0.586. The van der Waals surface area contributed by atoms with Crippen LogP contribution in [0.3, 0.4) is 0 Å². The number of para-hydroxylation sites is 2. The lowest BCUT2D eigenvalue weighted by molar-refractivity contribution is 0.955. The highest BCUT2D eigenvalue weighted by Gasteiger charge is 2.23. The molecule has 0 radical (unpaired) electrons. The van der Waals surface area contributed by atoms with Gasteiger partial charge in [-0.2, -0.15) is 9.97 Å². The molecule has 5 heteroatoms. The number of hydrogen-bond donors (Lipinski definition) is 0. The van der Waals surface area contributed by atoms with Gasteiger partial charge in [0.1, 0.15) is 0 Å². The molecule has 2 heterocycles. The average Bonchev–Trinajstić information content (AvgIpc) is 3.70. The molecule has 0 bridgehead atoms. The molecule has 0 amide bonds. The zero-order chi connectivity index (χ0) is 42.1. The SMILES string of the molecule is c1ccc(-c2nc(-c3ccccc3)nc(-n3c4ccccc4c4cc5ccc6c(-c7ccc(N(c8ccccc8)c8ccc9ccccc9c8)cc7)ccc7ccc(c5c76)c43)n2)cc1. The van der Waals surface area contributed by atoms with Gasteiger partial charge in [-0.1, -0.05) is 176 Å². The molecule has 0 spiro atoms. The molecule has 11 aromatic carbocycles. The van der Waals surface area contributed by atoms with Crippen LogP contribution < -0.4 is 4.90 Å². The molecule has 64 heavy (non-hydrogen) atoms. The molecule has 0 fully saturated rings. The van der Waals surface area contributed by atoms with Gasteiger partial charge in [0.05, 0.1) is 11.0 Å². The third-order valence-corrected chi connectivity index (χ3v) is 12.7. The molecular weight excluding hydrogens is 779 g/mol. The summed E-state index contributed by atoms with van der Waals surface area (Å²) >= 11 is 0. The zero-order valence-corrected chi connectivity index (χ0v) is 34.6. The van der Waals surface area contributed by atoms with Crippen molar-refractivity contribution in [1.82, 2.24) is 19.5 Å². The average molecular weight is 816 g/mol. The van der Waals surface area contributed by atoms with Gasteiger partial charge in [-0.15, -0.1) is 0 Å². The van der Waals surface area contributed by atoms with E-state index in [4.69, 9.17) is 15.0 Å². The van der Waals surface area contributed by atoms with Gasteiger partial charge >= 0.3 is 0 Å². The summed E-state index contributed by atoms with van der Waals surface area (Å²) < 4.78 is 2.25. The minimum Gasteiger partial charge on any atom is -0.310 e. The smallest absolute Gasteiger partial charge is 0.238 e. The number of aromatic nitrogens is 4. The summed E-state index contributed by atoms with van der Waals surface area (Å²) in [6, 6.07) is 80.0. The predicted molar refractivity (Wildman–Crippen MR) is 266 cm³/mol. The summed E-state index contributed by atoms with van der Waals surface area (Å²) in [6.07, 6.45) is 0. The second kappa shape index (κ2) is 14.5. The number of hydrogen-bond acceptors (Lipinski definition) is 4. The summed E-state index contributed by atoms with van der Waals surface area (Å²) in [5.41, 5.74) is 9.70. The van der Waals surface area contributed by atoms with E-state index in [0.717, 1.165) is 55.4 Å². The van der Waals surface area contributed by atoms with Crippen molar-refractivity contribution in [2.45, 2.75) is 0 Å². The Morgan fingerprint density at radius 1 is 0.328 bits per heavy atom. The van der Waals surface area contributed by atoms with Crippen LogP contribution in [0.15, 0.2) is 224 Å². The topological polar surface area (TPSA) is 46.8 Å². The quantitative estimate of drug-likeness (QED) is 0.150.